The van der Waals surface area contributed by atoms with Crippen LogP contribution >= 0.6 is 11.6 Å². The Bertz CT molecular complexity index is 623. The Morgan fingerprint density at radius 3 is 2.29 bits per heavy atom. The number of aryl methyl sites for hydroxylation is 1. The van der Waals surface area contributed by atoms with Crippen molar-refractivity contribution in [1.82, 2.24) is 9.80 Å². The van der Waals surface area contributed by atoms with Gasteiger partial charge in [0.2, 0.25) is 5.91 Å². The maximum Gasteiger partial charge on any atom is 0.254 e. The van der Waals surface area contributed by atoms with Gasteiger partial charge in [-0.25, -0.2) is 0 Å². The number of carbonyl (C=O) groups excluding carboxylic acids is 2. The Morgan fingerprint density at radius 1 is 1.17 bits per heavy atom. The van der Waals surface area contributed by atoms with Gasteiger partial charge in [0.25, 0.3) is 5.91 Å². The third-order valence-electron chi connectivity index (χ3n) is 4.23. The number of methoxy groups -OCH3 is 1. The first-order chi connectivity index (χ1) is 11.3. The summed E-state index contributed by atoms with van der Waals surface area (Å²) >= 11 is 6.15. The van der Waals surface area contributed by atoms with Gasteiger partial charge in [0, 0.05) is 38.2 Å². The number of amides is 2. The minimum Gasteiger partial charge on any atom is -0.495 e. The van der Waals surface area contributed by atoms with Crippen LogP contribution in [0.3, 0.4) is 0 Å². The van der Waals surface area contributed by atoms with E-state index in [4.69, 9.17) is 16.3 Å². The first-order valence-corrected chi connectivity index (χ1v) is 8.62. The average Bonchev–Trinajstić information content (AvgIpc) is 2.55. The van der Waals surface area contributed by atoms with Crippen LogP contribution in [0.5, 0.6) is 5.75 Å². The second kappa shape index (κ2) is 7.88. The van der Waals surface area contributed by atoms with Crippen molar-refractivity contribution in [3.8, 4) is 5.75 Å². The first-order valence-electron chi connectivity index (χ1n) is 8.24. The number of rotatable bonds is 4. The molecule has 0 saturated carbocycles. The molecule has 0 atom stereocenters. The van der Waals surface area contributed by atoms with Crippen LogP contribution in [0, 0.1) is 12.8 Å². The molecule has 0 aliphatic carbocycles. The van der Waals surface area contributed by atoms with Gasteiger partial charge in [0.1, 0.15) is 5.75 Å². The molecule has 1 fully saturated rings. The summed E-state index contributed by atoms with van der Waals surface area (Å²) in [4.78, 5) is 28.5. The van der Waals surface area contributed by atoms with E-state index >= 15 is 0 Å². The monoisotopic (exact) mass is 352 g/mol. The molecule has 5 nitrogen and oxygen atoms in total. The lowest BCUT2D eigenvalue weighted by Crippen LogP contribution is -2.50. The van der Waals surface area contributed by atoms with E-state index in [0.717, 1.165) is 5.56 Å². The molecule has 24 heavy (non-hydrogen) atoms. The molecule has 0 radical (unpaired) electrons. The molecule has 1 aromatic carbocycles. The summed E-state index contributed by atoms with van der Waals surface area (Å²) in [5.74, 6) is 1.03. The molecule has 1 heterocycles. The predicted molar refractivity (Wildman–Crippen MR) is 94.7 cm³/mol. The zero-order valence-electron chi connectivity index (χ0n) is 14.8. The molecular formula is C18H25ClN2O3. The van der Waals surface area contributed by atoms with Crippen molar-refractivity contribution in [1.29, 1.82) is 0 Å². The topological polar surface area (TPSA) is 49.9 Å². The fourth-order valence-corrected chi connectivity index (χ4v) is 3.09. The Hall–Kier alpha value is -1.75. The van der Waals surface area contributed by atoms with Gasteiger partial charge in [-0.2, -0.15) is 0 Å². The number of ether oxygens (including phenoxy) is 1. The van der Waals surface area contributed by atoms with Crippen LogP contribution in [0.2, 0.25) is 5.02 Å². The number of hydrogen-bond acceptors (Lipinski definition) is 3. The zero-order valence-corrected chi connectivity index (χ0v) is 15.5. The molecule has 132 valence electrons. The number of nitrogens with zero attached hydrogens (tertiary/aromatic N) is 2. The summed E-state index contributed by atoms with van der Waals surface area (Å²) in [5.41, 5.74) is 1.42. The maximum absolute atomic E-state index is 12.7. The molecule has 2 amide bonds. The molecule has 1 aromatic rings. The van der Waals surface area contributed by atoms with Crippen LogP contribution in [0.4, 0.5) is 0 Å². The Labute approximate surface area is 148 Å². The zero-order chi connectivity index (χ0) is 17.9. The summed E-state index contributed by atoms with van der Waals surface area (Å²) in [6.07, 6.45) is 0.557. The van der Waals surface area contributed by atoms with Crippen molar-refractivity contribution in [2.75, 3.05) is 33.3 Å². The van der Waals surface area contributed by atoms with E-state index in [-0.39, 0.29) is 11.8 Å². The van der Waals surface area contributed by atoms with Gasteiger partial charge >= 0.3 is 0 Å². The fraction of sp³-hybridized carbons (Fsp3) is 0.556. The largest absolute Gasteiger partial charge is 0.495 e. The number of benzene rings is 1. The molecule has 1 aliphatic heterocycles. The lowest BCUT2D eigenvalue weighted by molar-refractivity contribution is -0.133. The number of hydrogen-bond donors (Lipinski definition) is 0. The summed E-state index contributed by atoms with van der Waals surface area (Å²) in [7, 11) is 1.55. The summed E-state index contributed by atoms with van der Waals surface area (Å²) in [6, 6.07) is 3.44. The van der Waals surface area contributed by atoms with Gasteiger partial charge in [-0.1, -0.05) is 25.4 Å². The van der Waals surface area contributed by atoms with Gasteiger partial charge in [-0.3, -0.25) is 9.59 Å². The molecular weight excluding hydrogens is 328 g/mol. The van der Waals surface area contributed by atoms with Gasteiger partial charge in [-0.15, -0.1) is 0 Å². The minimum absolute atomic E-state index is 0.0481. The van der Waals surface area contributed by atoms with Gasteiger partial charge in [0.15, 0.2) is 0 Å². The first kappa shape index (κ1) is 18.6. The second-order valence-corrected chi connectivity index (χ2v) is 6.98. The van der Waals surface area contributed by atoms with Crippen molar-refractivity contribution in [2.45, 2.75) is 27.2 Å². The smallest absolute Gasteiger partial charge is 0.254 e. The van der Waals surface area contributed by atoms with Crippen LogP contribution in [0.15, 0.2) is 12.1 Å². The third kappa shape index (κ3) is 4.20. The van der Waals surface area contributed by atoms with E-state index in [9.17, 15) is 9.59 Å². The number of halogens is 1. The fourth-order valence-electron chi connectivity index (χ4n) is 2.85. The highest BCUT2D eigenvalue weighted by Gasteiger charge is 2.26. The van der Waals surface area contributed by atoms with E-state index in [2.05, 4.69) is 0 Å². The average molecular weight is 353 g/mol. The lowest BCUT2D eigenvalue weighted by Gasteiger charge is -2.35. The van der Waals surface area contributed by atoms with E-state index in [1.165, 1.54) is 0 Å². The summed E-state index contributed by atoms with van der Waals surface area (Å²) in [6.45, 7) is 8.20. The molecule has 0 N–H and O–H groups in total. The normalized spacial score (nSPS) is 14.9. The molecule has 1 saturated heterocycles. The van der Waals surface area contributed by atoms with Gasteiger partial charge in [-0.05, 0) is 30.5 Å². The molecule has 0 spiro atoms. The summed E-state index contributed by atoms with van der Waals surface area (Å²) in [5, 5.41) is 0.428. The number of piperazine rings is 1. The van der Waals surface area contributed by atoms with Crippen molar-refractivity contribution >= 4 is 23.4 Å². The number of carbonyl (C=O) groups is 2. The van der Waals surface area contributed by atoms with Crippen molar-refractivity contribution < 1.29 is 14.3 Å². The van der Waals surface area contributed by atoms with E-state index in [0.29, 0.717) is 54.9 Å². The second-order valence-electron chi connectivity index (χ2n) is 6.57. The van der Waals surface area contributed by atoms with Crippen LogP contribution in [-0.4, -0.2) is 54.9 Å². The lowest BCUT2D eigenvalue weighted by atomic mass is 10.1. The van der Waals surface area contributed by atoms with Crippen LogP contribution < -0.4 is 4.74 Å². The third-order valence-corrected chi connectivity index (χ3v) is 4.53. The van der Waals surface area contributed by atoms with Crippen molar-refractivity contribution in [3.63, 3.8) is 0 Å². The SMILES string of the molecule is COc1cc(C)c(C(=O)N2CCN(C(=O)CC(C)C)CC2)cc1Cl. The Morgan fingerprint density at radius 2 is 1.75 bits per heavy atom. The van der Waals surface area contributed by atoms with Crippen LogP contribution in [0.25, 0.3) is 0 Å². The quantitative estimate of drug-likeness (QED) is 0.837. The Balaban J connectivity index is 2.03. The highest BCUT2D eigenvalue weighted by Crippen LogP contribution is 2.28. The van der Waals surface area contributed by atoms with Crippen LogP contribution in [-0.2, 0) is 4.79 Å². The van der Waals surface area contributed by atoms with E-state index in [1.807, 2.05) is 25.7 Å². The molecule has 6 heteroatoms. The molecule has 2 rings (SSSR count). The van der Waals surface area contributed by atoms with Crippen molar-refractivity contribution in [3.05, 3.63) is 28.3 Å². The highest BCUT2D eigenvalue weighted by atomic mass is 35.5. The predicted octanol–water partition coefficient (Wildman–Crippen LogP) is 2.99. The Kier molecular flexibility index (Phi) is 6.10. The molecule has 0 unspecified atom stereocenters. The minimum atomic E-state index is -0.0481. The van der Waals surface area contributed by atoms with Gasteiger partial charge < -0.3 is 14.5 Å². The molecule has 0 bridgehead atoms. The van der Waals surface area contributed by atoms with E-state index in [1.54, 1.807) is 24.1 Å². The highest BCUT2D eigenvalue weighted by molar-refractivity contribution is 6.32. The standard InChI is InChI=1S/C18H25ClN2O3/c1-12(2)9-17(22)20-5-7-21(8-6-20)18(23)14-11-15(19)16(24-4)10-13(14)3/h10-12H,5-9H2,1-4H3. The summed E-state index contributed by atoms with van der Waals surface area (Å²) < 4.78 is 5.18. The molecule has 1 aliphatic rings. The van der Waals surface area contributed by atoms with E-state index < -0.39 is 0 Å². The van der Waals surface area contributed by atoms with Crippen molar-refractivity contribution in [2.24, 2.45) is 5.92 Å². The maximum atomic E-state index is 12.7. The van der Waals surface area contributed by atoms with Crippen LogP contribution in [0.1, 0.15) is 36.2 Å². The molecule has 0 aromatic heterocycles. The van der Waals surface area contributed by atoms with Gasteiger partial charge in [0.05, 0.1) is 12.1 Å².